The molecule has 1 unspecified atom stereocenters. The number of pyridine rings is 1. The van der Waals surface area contributed by atoms with Crippen LogP contribution in [0, 0.1) is 5.82 Å². The van der Waals surface area contributed by atoms with Crippen LogP contribution in [0.1, 0.15) is 27.3 Å². The van der Waals surface area contributed by atoms with Crippen molar-refractivity contribution in [2.24, 2.45) is 0 Å². The maximum Gasteiger partial charge on any atom is 0.573 e. The summed E-state index contributed by atoms with van der Waals surface area (Å²) in [6.07, 6.45) is -3.33. The van der Waals surface area contributed by atoms with Crippen molar-refractivity contribution in [3.8, 4) is 11.5 Å². The smallest absolute Gasteiger partial charge is 0.491 e. The number of nitrogens with one attached hydrogen (secondary N) is 1. The number of halogens is 4. The molecule has 0 spiro atoms. The van der Waals surface area contributed by atoms with Crippen molar-refractivity contribution in [3.05, 3.63) is 76.0 Å². The number of hydrogen-bond donors (Lipinski definition) is 1. The number of amides is 1. The Hall–Kier alpha value is -3.14. The van der Waals surface area contributed by atoms with Gasteiger partial charge in [0.05, 0.1) is 11.5 Å². The fourth-order valence-electron chi connectivity index (χ4n) is 3.37. The number of alkyl halides is 3. The minimum Gasteiger partial charge on any atom is -0.491 e. The summed E-state index contributed by atoms with van der Waals surface area (Å²) in [4.78, 5) is 17.6. The largest absolute Gasteiger partial charge is 0.573 e. The average molecular weight is 438 g/mol. The molecular weight excluding hydrogens is 424 g/mol. The van der Waals surface area contributed by atoms with Crippen LogP contribution >= 0.6 is 11.3 Å². The second-order valence-electron chi connectivity index (χ2n) is 6.48. The van der Waals surface area contributed by atoms with Crippen molar-refractivity contribution in [2.75, 3.05) is 6.61 Å². The Morgan fingerprint density at radius 3 is 2.77 bits per heavy atom. The zero-order chi connectivity index (χ0) is 21.4. The number of benzene rings is 1. The van der Waals surface area contributed by atoms with E-state index in [1.54, 1.807) is 29.6 Å². The van der Waals surface area contributed by atoms with Gasteiger partial charge in [-0.2, -0.15) is 0 Å². The standard InChI is InChI=1S/C20H14F4N2O3S/c21-13-11-12(5-6-14(13)29-20(22,23)24)19(26-18(27)16-4-2-10-30-16)7-9-28-15-3-1-8-25-17(15)19/h1-6,8,10-11H,7,9H2,(H,26,27). The van der Waals surface area contributed by atoms with Gasteiger partial charge in [0.15, 0.2) is 11.6 Å². The molecule has 3 heterocycles. The Bertz CT molecular complexity index is 1070. The number of carbonyl (C=O) groups is 1. The molecule has 0 fully saturated rings. The molecule has 0 saturated heterocycles. The second-order valence-corrected chi connectivity index (χ2v) is 7.43. The van der Waals surface area contributed by atoms with Gasteiger partial charge in [0, 0.05) is 12.6 Å². The lowest BCUT2D eigenvalue weighted by Gasteiger charge is -2.39. The normalized spacial score (nSPS) is 18.3. The highest BCUT2D eigenvalue weighted by Gasteiger charge is 2.43. The molecule has 2 aromatic heterocycles. The number of nitrogens with zero attached hydrogens (tertiary/aromatic N) is 1. The van der Waals surface area contributed by atoms with Gasteiger partial charge in [-0.05, 0) is 41.3 Å². The third-order valence-corrected chi connectivity index (χ3v) is 5.50. The summed E-state index contributed by atoms with van der Waals surface area (Å²) in [7, 11) is 0. The SMILES string of the molecule is O=C(NC1(c2ccc(OC(F)(F)F)c(F)c2)CCOc2cccnc21)c1cccs1. The molecule has 156 valence electrons. The fraction of sp³-hybridized carbons (Fsp3) is 0.200. The van der Waals surface area contributed by atoms with Gasteiger partial charge < -0.3 is 14.8 Å². The summed E-state index contributed by atoms with van der Waals surface area (Å²) in [5.41, 5.74) is -0.735. The third kappa shape index (κ3) is 3.82. The van der Waals surface area contributed by atoms with E-state index in [0.717, 1.165) is 12.1 Å². The first kappa shape index (κ1) is 20.1. The lowest BCUT2D eigenvalue weighted by atomic mass is 9.81. The van der Waals surface area contributed by atoms with Crippen molar-refractivity contribution >= 4 is 17.2 Å². The maximum absolute atomic E-state index is 14.5. The van der Waals surface area contributed by atoms with Gasteiger partial charge in [-0.1, -0.05) is 12.1 Å². The first-order chi connectivity index (χ1) is 14.3. The van der Waals surface area contributed by atoms with Crippen LogP contribution in [0.5, 0.6) is 11.5 Å². The molecule has 30 heavy (non-hydrogen) atoms. The topological polar surface area (TPSA) is 60.5 Å². The summed E-state index contributed by atoms with van der Waals surface area (Å²) in [5.74, 6) is -2.19. The van der Waals surface area contributed by atoms with Crippen LogP contribution in [0.15, 0.2) is 54.0 Å². The fourth-order valence-corrected chi connectivity index (χ4v) is 3.99. The summed E-state index contributed by atoms with van der Waals surface area (Å²) >= 11 is 1.22. The van der Waals surface area contributed by atoms with Gasteiger partial charge in [-0.15, -0.1) is 24.5 Å². The molecule has 3 aromatic rings. The van der Waals surface area contributed by atoms with E-state index in [2.05, 4.69) is 15.0 Å². The number of rotatable bonds is 4. The van der Waals surface area contributed by atoms with Crippen LogP contribution in [0.4, 0.5) is 17.6 Å². The molecule has 5 nitrogen and oxygen atoms in total. The Morgan fingerprint density at radius 1 is 1.23 bits per heavy atom. The summed E-state index contributed by atoms with van der Waals surface area (Å²) < 4.78 is 61.4. The average Bonchev–Trinajstić information content (AvgIpc) is 3.24. The first-order valence-electron chi connectivity index (χ1n) is 8.79. The van der Waals surface area contributed by atoms with Crippen molar-refractivity contribution in [1.29, 1.82) is 0 Å². The number of fused-ring (bicyclic) bond motifs is 1. The molecule has 1 atom stereocenters. The lowest BCUT2D eigenvalue weighted by Crippen LogP contribution is -2.50. The van der Waals surface area contributed by atoms with Crippen molar-refractivity contribution in [2.45, 2.75) is 18.3 Å². The Balaban J connectivity index is 1.81. The number of hydrogen-bond acceptors (Lipinski definition) is 5. The monoisotopic (exact) mass is 438 g/mol. The molecule has 4 rings (SSSR count). The van der Waals surface area contributed by atoms with Gasteiger partial charge in [0.1, 0.15) is 17.0 Å². The van der Waals surface area contributed by atoms with E-state index in [0.29, 0.717) is 16.3 Å². The van der Waals surface area contributed by atoms with E-state index in [1.807, 2.05) is 0 Å². The highest BCUT2D eigenvalue weighted by molar-refractivity contribution is 7.12. The minimum atomic E-state index is -5.03. The van der Waals surface area contributed by atoms with Crippen LogP contribution in [0.3, 0.4) is 0 Å². The highest BCUT2D eigenvalue weighted by atomic mass is 32.1. The van der Waals surface area contributed by atoms with E-state index >= 15 is 0 Å². The van der Waals surface area contributed by atoms with Gasteiger partial charge in [0.2, 0.25) is 0 Å². The van der Waals surface area contributed by atoms with E-state index in [4.69, 9.17) is 4.74 Å². The molecule has 0 saturated carbocycles. The van der Waals surface area contributed by atoms with Gasteiger partial charge >= 0.3 is 6.36 Å². The Morgan fingerprint density at radius 2 is 2.07 bits per heavy atom. The van der Waals surface area contributed by atoms with Crippen molar-refractivity contribution < 1.29 is 31.8 Å². The molecule has 0 aliphatic carbocycles. The number of carbonyl (C=O) groups excluding carboxylic acids is 1. The quantitative estimate of drug-likeness (QED) is 0.603. The molecule has 1 aliphatic heterocycles. The van der Waals surface area contributed by atoms with E-state index in [9.17, 15) is 22.4 Å². The third-order valence-electron chi connectivity index (χ3n) is 4.63. The molecule has 1 aliphatic rings. The molecule has 1 aromatic carbocycles. The van der Waals surface area contributed by atoms with Crippen LogP contribution < -0.4 is 14.8 Å². The van der Waals surface area contributed by atoms with Gasteiger partial charge in [-0.25, -0.2) is 4.39 Å². The van der Waals surface area contributed by atoms with Crippen molar-refractivity contribution in [1.82, 2.24) is 10.3 Å². The highest BCUT2D eigenvalue weighted by Crippen LogP contribution is 2.42. The Labute approximate surface area is 172 Å². The van der Waals surface area contributed by atoms with E-state index in [-0.39, 0.29) is 18.6 Å². The molecule has 1 amide bonds. The first-order valence-corrected chi connectivity index (χ1v) is 9.66. The molecular formula is C20H14F4N2O3S. The maximum atomic E-state index is 14.5. The van der Waals surface area contributed by atoms with Crippen LogP contribution in [-0.2, 0) is 5.54 Å². The minimum absolute atomic E-state index is 0.186. The number of thiophene rings is 1. The summed E-state index contributed by atoms with van der Waals surface area (Å²) in [6, 6.07) is 9.73. The van der Waals surface area contributed by atoms with Gasteiger partial charge in [0.25, 0.3) is 5.91 Å². The number of aromatic nitrogens is 1. The zero-order valence-corrected chi connectivity index (χ0v) is 16.0. The van der Waals surface area contributed by atoms with Gasteiger partial charge in [-0.3, -0.25) is 9.78 Å². The molecule has 0 radical (unpaired) electrons. The summed E-state index contributed by atoms with van der Waals surface area (Å²) in [6.45, 7) is 0.186. The Kier molecular flexibility index (Phi) is 5.10. The molecule has 0 bridgehead atoms. The molecule has 1 N–H and O–H groups in total. The predicted octanol–water partition coefficient (Wildman–Crippen LogP) is 4.64. The van der Waals surface area contributed by atoms with Crippen molar-refractivity contribution in [3.63, 3.8) is 0 Å². The number of ether oxygens (including phenoxy) is 2. The lowest BCUT2D eigenvalue weighted by molar-refractivity contribution is -0.275. The zero-order valence-electron chi connectivity index (χ0n) is 15.2. The second kappa shape index (κ2) is 7.60. The van der Waals surface area contributed by atoms with Crippen LogP contribution in [0.2, 0.25) is 0 Å². The van der Waals surface area contributed by atoms with E-state index < -0.39 is 29.4 Å². The van der Waals surface area contributed by atoms with Crippen LogP contribution in [0.25, 0.3) is 0 Å². The van der Waals surface area contributed by atoms with E-state index in [1.165, 1.54) is 23.6 Å². The molecule has 10 heteroatoms. The predicted molar refractivity (Wildman–Crippen MR) is 100.0 cm³/mol. The summed E-state index contributed by atoms with van der Waals surface area (Å²) in [5, 5.41) is 4.64. The van der Waals surface area contributed by atoms with Crippen LogP contribution in [-0.4, -0.2) is 23.9 Å².